The zero-order chi connectivity index (χ0) is 21.0. The van der Waals surface area contributed by atoms with Crippen molar-refractivity contribution in [2.24, 2.45) is 0 Å². The Hall–Kier alpha value is -1.18. The monoisotopic (exact) mass is 404 g/mol. The molecular weight excluding hydrogens is 356 g/mol. The molecular formula is C27H48O2. The minimum Gasteiger partial charge on any atom is -0.490 e. The molecule has 1 aromatic rings. The molecule has 168 valence electrons. The van der Waals surface area contributed by atoms with Crippen LogP contribution in [0.2, 0.25) is 0 Å². The number of unbranched alkanes of at least 4 members (excludes halogenated alkanes) is 14. The third-order valence-electron chi connectivity index (χ3n) is 5.61. The molecule has 0 fully saturated rings. The van der Waals surface area contributed by atoms with Crippen LogP contribution in [0.3, 0.4) is 0 Å². The van der Waals surface area contributed by atoms with Crippen LogP contribution < -0.4 is 9.47 Å². The first-order valence-electron chi connectivity index (χ1n) is 12.6. The van der Waals surface area contributed by atoms with Gasteiger partial charge in [0.2, 0.25) is 0 Å². The molecule has 2 nitrogen and oxygen atoms in total. The zero-order valence-corrected chi connectivity index (χ0v) is 19.8. The summed E-state index contributed by atoms with van der Waals surface area (Å²) in [7, 11) is 0. The minimum absolute atomic E-state index is 0.798. The summed E-state index contributed by atoms with van der Waals surface area (Å²) in [6, 6.07) is 6.31. The largest absolute Gasteiger partial charge is 0.490 e. The average Bonchev–Trinajstić information content (AvgIpc) is 2.72. The molecule has 1 aromatic carbocycles. The van der Waals surface area contributed by atoms with Crippen molar-refractivity contribution in [3.63, 3.8) is 0 Å². The van der Waals surface area contributed by atoms with E-state index in [1.807, 2.05) is 0 Å². The van der Waals surface area contributed by atoms with Gasteiger partial charge in [-0.25, -0.2) is 0 Å². The van der Waals surface area contributed by atoms with Gasteiger partial charge in [-0.15, -0.1) is 0 Å². The van der Waals surface area contributed by atoms with E-state index >= 15 is 0 Å². The molecule has 0 saturated carbocycles. The SMILES string of the molecule is CCCCCCCCCCOc1ccc(C)cc1OCCCCCCCCCC. The number of hydrogen-bond acceptors (Lipinski definition) is 2. The lowest BCUT2D eigenvalue weighted by atomic mass is 10.1. The van der Waals surface area contributed by atoms with E-state index in [1.54, 1.807) is 0 Å². The van der Waals surface area contributed by atoms with Gasteiger partial charge in [0.15, 0.2) is 11.5 Å². The van der Waals surface area contributed by atoms with Crippen LogP contribution in [0.5, 0.6) is 11.5 Å². The lowest BCUT2D eigenvalue weighted by Gasteiger charge is -2.13. The summed E-state index contributed by atoms with van der Waals surface area (Å²) in [6.45, 7) is 8.26. The minimum atomic E-state index is 0.798. The molecule has 0 aromatic heterocycles. The van der Waals surface area contributed by atoms with Gasteiger partial charge in [-0.1, -0.05) is 110 Å². The van der Waals surface area contributed by atoms with Gasteiger partial charge in [0.1, 0.15) is 0 Å². The Morgan fingerprint density at radius 2 is 0.931 bits per heavy atom. The van der Waals surface area contributed by atoms with Crippen molar-refractivity contribution in [1.82, 2.24) is 0 Å². The molecule has 0 bridgehead atoms. The molecule has 0 amide bonds. The van der Waals surface area contributed by atoms with E-state index in [0.717, 1.165) is 37.6 Å². The zero-order valence-electron chi connectivity index (χ0n) is 19.8. The number of aryl methyl sites for hydroxylation is 1. The van der Waals surface area contributed by atoms with E-state index in [4.69, 9.17) is 9.47 Å². The van der Waals surface area contributed by atoms with Crippen LogP contribution in [0.15, 0.2) is 18.2 Å². The Morgan fingerprint density at radius 3 is 1.41 bits per heavy atom. The molecule has 0 aliphatic heterocycles. The summed E-state index contributed by atoms with van der Waals surface area (Å²) in [4.78, 5) is 0. The molecule has 0 spiro atoms. The van der Waals surface area contributed by atoms with Gasteiger partial charge in [0.25, 0.3) is 0 Å². The maximum Gasteiger partial charge on any atom is 0.161 e. The fourth-order valence-electron chi connectivity index (χ4n) is 3.68. The van der Waals surface area contributed by atoms with Crippen molar-refractivity contribution < 1.29 is 9.47 Å². The van der Waals surface area contributed by atoms with Crippen LogP contribution >= 0.6 is 0 Å². The summed E-state index contributed by atoms with van der Waals surface area (Å²) < 4.78 is 12.1. The van der Waals surface area contributed by atoms with E-state index in [-0.39, 0.29) is 0 Å². The van der Waals surface area contributed by atoms with Crippen LogP contribution in [0.4, 0.5) is 0 Å². The predicted octanol–water partition coefficient (Wildman–Crippen LogP) is 9.03. The molecule has 0 atom stereocenters. The topological polar surface area (TPSA) is 18.5 Å². The molecule has 2 heteroatoms. The molecule has 29 heavy (non-hydrogen) atoms. The van der Waals surface area contributed by atoms with Crippen LogP contribution in [0.25, 0.3) is 0 Å². The van der Waals surface area contributed by atoms with Crippen LogP contribution in [0.1, 0.15) is 122 Å². The fourth-order valence-corrected chi connectivity index (χ4v) is 3.68. The van der Waals surface area contributed by atoms with E-state index in [2.05, 4.69) is 39.0 Å². The Labute approximate surface area is 181 Å². The van der Waals surface area contributed by atoms with Crippen LogP contribution in [-0.2, 0) is 0 Å². The van der Waals surface area contributed by atoms with Gasteiger partial charge in [0, 0.05) is 0 Å². The molecule has 0 aliphatic carbocycles. The first-order valence-corrected chi connectivity index (χ1v) is 12.6. The van der Waals surface area contributed by atoms with E-state index in [0.29, 0.717) is 0 Å². The smallest absolute Gasteiger partial charge is 0.161 e. The summed E-state index contributed by atoms with van der Waals surface area (Å²) in [5.74, 6) is 1.84. The van der Waals surface area contributed by atoms with E-state index in [1.165, 1.54) is 95.5 Å². The number of hydrogen-bond donors (Lipinski definition) is 0. The highest BCUT2D eigenvalue weighted by atomic mass is 16.5. The molecule has 0 heterocycles. The third kappa shape index (κ3) is 14.4. The van der Waals surface area contributed by atoms with Crippen molar-refractivity contribution in [3.8, 4) is 11.5 Å². The standard InChI is InChI=1S/C27H48O2/c1-4-6-8-10-12-14-16-18-22-28-26-21-20-25(3)24-27(26)29-23-19-17-15-13-11-9-7-5-2/h20-21,24H,4-19,22-23H2,1-3H3. The van der Waals surface area contributed by atoms with Gasteiger partial charge in [0.05, 0.1) is 13.2 Å². The first-order chi connectivity index (χ1) is 14.3. The molecule has 0 N–H and O–H groups in total. The lowest BCUT2D eigenvalue weighted by Crippen LogP contribution is -2.03. The average molecular weight is 405 g/mol. The molecule has 0 unspecified atom stereocenters. The molecule has 1 rings (SSSR count). The summed E-state index contributed by atoms with van der Waals surface area (Å²) in [6.07, 6.45) is 21.2. The normalized spacial score (nSPS) is 11.0. The van der Waals surface area contributed by atoms with Crippen LogP contribution in [-0.4, -0.2) is 13.2 Å². The highest BCUT2D eigenvalue weighted by molar-refractivity contribution is 5.42. The Morgan fingerprint density at radius 1 is 0.517 bits per heavy atom. The van der Waals surface area contributed by atoms with Gasteiger partial charge in [-0.05, 0) is 37.5 Å². The number of ether oxygens (including phenoxy) is 2. The summed E-state index contributed by atoms with van der Waals surface area (Å²) in [5.41, 5.74) is 1.23. The summed E-state index contributed by atoms with van der Waals surface area (Å²) >= 11 is 0. The summed E-state index contributed by atoms with van der Waals surface area (Å²) in [5, 5.41) is 0. The lowest BCUT2D eigenvalue weighted by molar-refractivity contribution is 0.258. The second-order valence-corrected chi connectivity index (χ2v) is 8.60. The van der Waals surface area contributed by atoms with Gasteiger partial charge in [-0.3, -0.25) is 0 Å². The number of rotatable bonds is 20. The fraction of sp³-hybridized carbons (Fsp3) is 0.778. The molecule has 0 radical (unpaired) electrons. The molecule has 0 aliphatic rings. The van der Waals surface area contributed by atoms with Crippen molar-refractivity contribution in [3.05, 3.63) is 23.8 Å². The van der Waals surface area contributed by atoms with Gasteiger partial charge in [-0.2, -0.15) is 0 Å². The Bertz CT molecular complexity index is 483. The first kappa shape index (κ1) is 25.9. The molecule has 0 saturated heterocycles. The van der Waals surface area contributed by atoms with Crippen molar-refractivity contribution in [1.29, 1.82) is 0 Å². The second kappa shape index (κ2) is 18.8. The maximum atomic E-state index is 6.07. The highest BCUT2D eigenvalue weighted by Gasteiger charge is 2.06. The highest BCUT2D eigenvalue weighted by Crippen LogP contribution is 2.29. The van der Waals surface area contributed by atoms with Crippen LogP contribution in [0, 0.1) is 6.92 Å². The second-order valence-electron chi connectivity index (χ2n) is 8.60. The van der Waals surface area contributed by atoms with E-state index in [9.17, 15) is 0 Å². The van der Waals surface area contributed by atoms with Crippen molar-refractivity contribution in [2.45, 2.75) is 124 Å². The van der Waals surface area contributed by atoms with Gasteiger partial charge >= 0.3 is 0 Å². The van der Waals surface area contributed by atoms with Crippen molar-refractivity contribution in [2.75, 3.05) is 13.2 Å². The van der Waals surface area contributed by atoms with E-state index < -0.39 is 0 Å². The number of benzene rings is 1. The maximum absolute atomic E-state index is 6.07. The van der Waals surface area contributed by atoms with Gasteiger partial charge < -0.3 is 9.47 Å². The van der Waals surface area contributed by atoms with Crippen molar-refractivity contribution >= 4 is 0 Å². The Balaban J connectivity index is 2.14. The quantitative estimate of drug-likeness (QED) is 0.202. The third-order valence-corrected chi connectivity index (χ3v) is 5.61. The predicted molar refractivity (Wildman–Crippen MR) is 127 cm³/mol. The Kier molecular flexibility index (Phi) is 16.8.